The Morgan fingerprint density at radius 1 is 1.19 bits per heavy atom. The number of likely N-dealkylation sites (tertiary alicyclic amines) is 1. The van der Waals surface area contributed by atoms with Crippen LogP contribution in [0.4, 0.5) is 13.2 Å². The lowest BCUT2D eigenvalue weighted by Gasteiger charge is -2.47. The van der Waals surface area contributed by atoms with Crippen LogP contribution in [0.3, 0.4) is 0 Å². The topological polar surface area (TPSA) is 55.2 Å². The number of hydrogen-bond acceptors (Lipinski definition) is 4. The van der Waals surface area contributed by atoms with Crippen LogP contribution in [0.2, 0.25) is 0 Å². The molecule has 0 N–H and O–H groups in total. The zero-order valence-electron chi connectivity index (χ0n) is 16.1. The van der Waals surface area contributed by atoms with Crippen molar-refractivity contribution in [2.75, 3.05) is 31.1 Å². The van der Waals surface area contributed by atoms with Gasteiger partial charge in [-0.1, -0.05) is 6.92 Å². The summed E-state index contributed by atoms with van der Waals surface area (Å²) in [5, 5.41) is 3.75. The third kappa shape index (κ3) is 4.67. The molecular weight excluding hydrogens is 379 g/mol. The van der Waals surface area contributed by atoms with Crippen molar-refractivity contribution < 1.29 is 21.6 Å². The molecular formula is C18H28F3N3O2S. The van der Waals surface area contributed by atoms with E-state index < -0.39 is 21.7 Å². The van der Waals surface area contributed by atoms with E-state index in [-0.39, 0.29) is 17.4 Å². The second-order valence-corrected chi connectivity index (χ2v) is 10.8. The molecule has 2 saturated heterocycles. The first-order valence-electron chi connectivity index (χ1n) is 9.48. The normalized spacial score (nSPS) is 23.5. The number of nitrogens with zero attached hydrogens (tertiary/aromatic N) is 3. The minimum absolute atomic E-state index is 0.0174. The van der Waals surface area contributed by atoms with Crippen molar-refractivity contribution in [2.24, 2.45) is 11.3 Å². The summed E-state index contributed by atoms with van der Waals surface area (Å²) in [5.41, 5.74) is -0.232. The van der Waals surface area contributed by atoms with Gasteiger partial charge in [-0.25, -0.2) is 8.42 Å². The average molecular weight is 408 g/mol. The fourth-order valence-corrected chi connectivity index (χ4v) is 6.78. The molecule has 2 fully saturated rings. The maximum absolute atomic E-state index is 13.0. The highest BCUT2D eigenvalue weighted by atomic mass is 32.2. The molecule has 0 unspecified atom stereocenters. The smallest absolute Gasteiger partial charge is 0.303 e. The average Bonchev–Trinajstić information content (AvgIpc) is 2.92. The third-order valence-electron chi connectivity index (χ3n) is 5.69. The summed E-state index contributed by atoms with van der Waals surface area (Å²) in [6, 6.07) is 1.04. The molecule has 1 atom stereocenters. The lowest BCUT2D eigenvalue weighted by molar-refractivity contribution is -0.141. The van der Waals surface area contributed by atoms with Crippen LogP contribution in [-0.2, 0) is 22.4 Å². The number of sulfone groups is 1. The van der Waals surface area contributed by atoms with Gasteiger partial charge < -0.3 is 4.90 Å². The molecule has 154 valence electrons. The van der Waals surface area contributed by atoms with E-state index in [9.17, 15) is 21.6 Å². The molecule has 3 heterocycles. The van der Waals surface area contributed by atoms with Crippen molar-refractivity contribution in [3.63, 3.8) is 0 Å². The van der Waals surface area contributed by atoms with Crippen molar-refractivity contribution in [2.45, 2.75) is 52.3 Å². The van der Waals surface area contributed by atoms with Gasteiger partial charge in [-0.15, -0.1) is 0 Å². The molecule has 27 heavy (non-hydrogen) atoms. The van der Waals surface area contributed by atoms with E-state index >= 15 is 0 Å². The van der Waals surface area contributed by atoms with Gasteiger partial charge in [-0.2, -0.15) is 18.3 Å². The van der Waals surface area contributed by atoms with Gasteiger partial charge in [0, 0.05) is 23.7 Å². The van der Waals surface area contributed by atoms with E-state index in [4.69, 9.17) is 0 Å². The van der Waals surface area contributed by atoms with Crippen LogP contribution >= 0.6 is 0 Å². The zero-order chi connectivity index (χ0) is 20.0. The highest BCUT2D eigenvalue weighted by molar-refractivity contribution is 7.92. The molecule has 1 spiro atoms. The summed E-state index contributed by atoms with van der Waals surface area (Å²) in [6.45, 7) is 8.22. The summed E-state index contributed by atoms with van der Waals surface area (Å²) in [5.74, 6) is 0.827. The van der Waals surface area contributed by atoms with Crippen LogP contribution in [0.5, 0.6) is 0 Å². The Balaban J connectivity index is 1.57. The van der Waals surface area contributed by atoms with Crippen molar-refractivity contribution in [1.29, 1.82) is 0 Å². The third-order valence-corrected chi connectivity index (χ3v) is 7.79. The lowest BCUT2D eigenvalue weighted by atomic mass is 9.81. The second-order valence-electron chi connectivity index (χ2n) is 8.70. The molecule has 2 aliphatic rings. The van der Waals surface area contributed by atoms with Crippen LogP contribution < -0.4 is 0 Å². The quantitative estimate of drug-likeness (QED) is 0.752. The van der Waals surface area contributed by atoms with Gasteiger partial charge >= 0.3 is 6.18 Å². The summed E-state index contributed by atoms with van der Waals surface area (Å²) in [6.07, 6.45) is -2.11. The maximum Gasteiger partial charge on any atom is 0.435 e. The molecule has 1 aromatic rings. The number of alkyl halides is 3. The van der Waals surface area contributed by atoms with Gasteiger partial charge in [-0.05, 0) is 58.2 Å². The molecule has 9 heteroatoms. The van der Waals surface area contributed by atoms with Gasteiger partial charge in [0.2, 0.25) is 0 Å². The second kappa shape index (κ2) is 7.06. The number of piperidine rings is 1. The Kier molecular flexibility index (Phi) is 5.40. The molecule has 0 bridgehead atoms. The maximum atomic E-state index is 13.0. The van der Waals surface area contributed by atoms with Gasteiger partial charge in [0.1, 0.15) is 0 Å². The first-order chi connectivity index (χ1) is 12.4. The number of aromatic nitrogens is 2. The van der Waals surface area contributed by atoms with E-state index in [2.05, 4.69) is 10.00 Å². The summed E-state index contributed by atoms with van der Waals surface area (Å²) >= 11 is 0. The lowest BCUT2D eigenvalue weighted by Crippen LogP contribution is -2.55. The Bertz CT molecular complexity index is 764. The van der Waals surface area contributed by atoms with Crippen LogP contribution in [0.25, 0.3) is 0 Å². The number of halogens is 3. The Hall–Kier alpha value is -1.09. The molecule has 0 aromatic carbocycles. The number of rotatable bonds is 5. The van der Waals surface area contributed by atoms with Crippen LogP contribution in [0.15, 0.2) is 6.07 Å². The minimum Gasteiger partial charge on any atom is -0.303 e. The molecule has 0 radical (unpaired) electrons. The largest absolute Gasteiger partial charge is 0.435 e. The van der Waals surface area contributed by atoms with E-state index in [1.165, 1.54) is 10.7 Å². The molecule has 3 rings (SSSR count). The molecule has 0 amide bonds. The summed E-state index contributed by atoms with van der Waals surface area (Å²) in [4.78, 5) is 2.31. The van der Waals surface area contributed by atoms with Crippen molar-refractivity contribution in [1.82, 2.24) is 14.7 Å². The SMILES string of the molecule is CC(C)n1nc(C(F)(F)F)cc1C[C@H](C)CN1CCC2(CC1)CS(=O)(=O)C2. The zero-order valence-corrected chi connectivity index (χ0v) is 16.9. The highest BCUT2D eigenvalue weighted by Gasteiger charge is 2.49. The fraction of sp³-hybridized carbons (Fsp3) is 0.833. The Morgan fingerprint density at radius 3 is 2.26 bits per heavy atom. The van der Waals surface area contributed by atoms with E-state index in [0.717, 1.165) is 32.5 Å². The monoisotopic (exact) mass is 407 g/mol. The van der Waals surface area contributed by atoms with E-state index in [1.54, 1.807) is 0 Å². The molecule has 5 nitrogen and oxygen atoms in total. The van der Waals surface area contributed by atoms with Gasteiger partial charge in [0.05, 0.1) is 11.5 Å². The summed E-state index contributed by atoms with van der Waals surface area (Å²) in [7, 11) is -2.81. The van der Waals surface area contributed by atoms with Gasteiger partial charge in [0.15, 0.2) is 15.5 Å². The number of hydrogen-bond donors (Lipinski definition) is 0. The van der Waals surface area contributed by atoms with E-state index in [0.29, 0.717) is 23.6 Å². The molecule has 0 aliphatic carbocycles. The van der Waals surface area contributed by atoms with Crippen LogP contribution in [0, 0.1) is 11.3 Å². The Labute approximate surface area is 158 Å². The fourth-order valence-electron chi connectivity index (χ4n) is 4.42. The highest BCUT2D eigenvalue weighted by Crippen LogP contribution is 2.42. The molecule has 1 aromatic heterocycles. The predicted octanol–water partition coefficient (Wildman–Crippen LogP) is 3.17. The first kappa shape index (κ1) is 20.6. The predicted molar refractivity (Wildman–Crippen MR) is 97.2 cm³/mol. The first-order valence-corrected chi connectivity index (χ1v) is 11.3. The standard InChI is InChI=1S/C18H28F3N3O2S/c1-13(2)24-15(9-16(22-24)18(19,20)21)8-14(3)10-23-6-4-17(5-7-23)11-27(25,26)12-17/h9,13-14H,4-8,10-12H2,1-3H3/t14-/m0/s1. The summed E-state index contributed by atoms with van der Waals surface area (Å²) < 4.78 is 63.4. The van der Waals surface area contributed by atoms with Crippen molar-refractivity contribution in [3.05, 3.63) is 17.5 Å². The van der Waals surface area contributed by atoms with Gasteiger partial charge in [0.25, 0.3) is 0 Å². The minimum atomic E-state index is -4.43. The van der Waals surface area contributed by atoms with Crippen LogP contribution in [0.1, 0.15) is 51.0 Å². The van der Waals surface area contributed by atoms with Gasteiger partial charge in [-0.3, -0.25) is 4.68 Å². The molecule has 2 aliphatic heterocycles. The van der Waals surface area contributed by atoms with E-state index in [1.807, 2.05) is 20.8 Å². The van der Waals surface area contributed by atoms with Crippen LogP contribution in [-0.4, -0.2) is 54.2 Å². The molecule has 0 saturated carbocycles. The van der Waals surface area contributed by atoms with Crippen molar-refractivity contribution in [3.8, 4) is 0 Å². The van der Waals surface area contributed by atoms with Crippen molar-refractivity contribution >= 4 is 9.84 Å². The Morgan fingerprint density at radius 2 is 1.78 bits per heavy atom.